The van der Waals surface area contributed by atoms with Gasteiger partial charge in [0.05, 0.1) is 28.2 Å². The molecule has 0 fully saturated rings. The standard InChI is InChI=1S/C27H23N3O/c1-27(2,3)21-13-15-22(16-14-21)30-25(17-12-19-8-10-20(18-28)11-9-19)29-24-7-5-4-6-23(24)26(30)31/h4-17H,1-3H3/b17-12+. The van der Waals surface area contributed by atoms with Crippen molar-refractivity contribution in [1.29, 1.82) is 5.26 Å². The molecular weight excluding hydrogens is 382 g/mol. The quantitative estimate of drug-likeness (QED) is 0.438. The van der Waals surface area contributed by atoms with E-state index in [0.717, 1.165) is 11.3 Å². The van der Waals surface area contributed by atoms with E-state index in [1.165, 1.54) is 5.56 Å². The van der Waals surface area contributed by atoms with E-state index in [1.807, 2.05) is 54.6 Å². The molecule has 0 aliphatic rings. The molecule has 0 amide bonds. The summed E-state index contributed by atoms with van der Waals surface area (Å²) in [6.07, 6.45) is 3.74. The van der Waals surface area contributed by atoms with Crippen LogP contribution in [0.3, 0.4) is 0 Å². The Labute approximate surface area is 181 Å². The Balaban J connectivity index is 1.86. The molecule has 0 saturated carbocycles. The summed E-state index contributed by atoms with van der Waals surface area (Å²) in [5.41, 5.74) is 4.10. The minimum absolute atomic E-state index is 0.0312. The molecule has 0 radical (unpaired) electrons. The number of nitrogens with zero attached hydrogens (tertiary/aromatic N) is 3. The zero-order valence-electron chi connectivity index (χ0n) is 17.8. The van der Waals surface area contributed by atoms with Crippen LogP contribution in [-0.4, -0.2) is 9.55 Å². The second-order valence-electron chi connectivity index (χ2n) is 8.49. The smallest absolute Gasteiger partial charge is 0.266 e. The monoisotopic (exact) mass is 405 g/mol. The normalized spacial score (nSPS) is 11.7. The summed E-state index contributed by atoms with van der Waals surface area (Å²) in [6.45, 7) is 6.49. The molecule has 4 aromatic rings. The van der Waals surface area contributed by atoms with Crippen molar-refractivity contribution < 1.29 is 0 Å². The van der Waals surface area contributed by atoms with Crippen molar-refractivity contribution >= 4 is 23.1 Å². The predicted molar refractivity (Wildman–Crippen MR) is 126 cm³/mol. The van der Waals surface area contributed by atoms with Crippen LogP contribution in [0.5, 0.6) is 0 Å². The second kappa shape index (κ2) is 8.04. The Morgan fingerprint density at radius 2 is 1.58 bits per heavy atom. The van der Waals surface area contributed by atoms with Crippen LogP contribution in [0.2, 0.25) is 0 Å². The van der Waals surface area contributed by atoms with Crippen molar-refractivity contribution in [3.05, 3.63) is 106 Å². The highest BCUT2D eigenvalue weighted by Gasteiger charge is 2.15. The first-order chi connectivity index (χ1) is 14.9. The van der Waals surface area contributed by atoms with Crippen LogP contribution in [0, 0.1) is 11.3 Å². The van der Waals surface area contributed by atoms with Crippen LogP contribution in [0.15, 0.2) is 77.6 Å². The van der Waals surface area contributed by atoms with Crippen LogP contribution in [-0.2, 0) is 5.41 Å². The maximum absolute atomic E-state index is 13.4. The first-order valence-electron chi connectivity index (χ1n) is 10.2. The molecule has 1 aromatic heterocycles. The lowest BCUT2D eigenvalue weighted by Crippen LogP contribution is -2.22. The summed E-state index contributed by atoms with van der Waals surface area (Å²) in [5.74, 6) is 0.552. The second-order valence-corrected chi connectivity index (χ2v) is 8.49. The van der Waals surface area contributed by atoms with Gasteiger partial charge < -0.3 is 0 Å². The van der Waals surface area contributed by atoms with Crippen molar-refractivity contribution in [1.82, 2.24) is 9.55 Å². The van der Waals surface area contributed by atoms with Gasteiger partial charge in [-0.15, -0.1) is 0 Å². The number of hydrogen-bond acceptors (Lipinski definition) is 3. The predicted octanol–water partition coefficient (Wildman–Crippen LogP) is 5.73. The van der Waals surface area contributed by atoms with Gasteiger partial charge >= 0.3 is 0 Å². The average molecular weight is 406 g/mol. The van der Waals surface area contributed by atoms with Crippen molar-refractivity contribution in [3.63, 3.8) is 0 Å². The van der Waals surface area contributed by atoms with Gasteiger partial charge in [0, 0.05) is 0 Å². The van der Waals surface area contributed by atoms with E-state index in [2.05, 4.69) is 39.0 Å². The summed E-state index contributed by atoms with van der Waals surface area (Å²) in [7, 11) is 0. The lowest BCUT2D eigenvalue weighted by atomic mass is 9.87. The van der Waals surface area contributed by atoms with Crippen molar-refractivity contribution in [2.75, 3.05) is 0 Å². The van der Waals surface area contributed by atoms with Gasteiger partial charge in [-0.25, -0.2) is 4.98 Å². The van der Waals surface area contributed by atoms with E-state index in [9.17, 15) is 4.79 Å². The van der Waals surface area contributed by atoms with Crippen LogP contribution < -0.4 is 5.56 Å². The van der Waals surface area contributed by atoms with Gasteiger partial charge in [-0.1, -0.05) is 63.2 Å². The largest absolute Gasteiger partial charge is 0.268 e. The molecule has 4 nitrogen and oxygen atoms in total. The lowest BCUT2D eigenvalue weighted by molar-refractivity contribution is 0.590. The molecule has 0 unspecified atom stereocenters. The number of nitriles is 1. The van der Waals surface area contributed by atoms with Crippen LogP contribution in [0.4, 0.5) is 0 Å². The van der Waals surface area contributed by atoms with Crippen molar-refractivity contribution in [2.45, 2.75) is 26.2 Å². The summed E-state index contributed by atoms with van der Waals surface area (Å²) < 4.78 is 1.65. The maximum Gasteiger partial charge on any atom is 0.266 e. The summed E-state index contributed by atoms with van der Waals surface area (Å²) in [6, 6.07) is 24.8. The molecule has 31 heavy (non-hydrogen) atoms. The van der Waals surface area contributed by atoms with Gasteiger partial charge in [0.2, 0.25) is 0 Å². The Morgan fingerprint density at radius 3 is 2.23 bits per heavy atom. The van der Waals surface area contributed by atoms with Crippen molar-refractivity contribution in [2.24, 2.45) is 0 Å². The zero-order valence-corrected chi connectivity index (χ0v) is 17.8. The Bertz CT molecular complexity index is 1360. The van der Waals surface area contributed by atoms with E-state index < -0.39 is 0 Å². The summed E-state index contributed by atoms with van der Waals surface area (Å²) >= 11 is 0. The highest BCUT2D eigenvalue weighted by molar-refractivity contribution is 5.80. The average Bonchev–Trinajstić information content (AvgIpc) is 2.78. The molecule has 1 heterocycles. The zero-order chi connectivity index (χ0) is 22.0. The minimum atomic E-state index is -0.103. The number of hydrogen-bond donors (Lipinski definition) is 0. The van der Waals surface area contributed by atoms with Crippen LogP contribution in [0.25, 0.3) is 28.7 Å². The first-order valence-corrected chi connectivity index (χ1v) is 10.2. The summed E-state index contributed by atoms with van der Waals surface area (Å²) in [5, 5.41) is 9.56. The van der Waals surface area contributed by atoms with Gasteiger partial charge in [-0.05, 0) is 59.0 Å². The number of benzene rings is 3. The third kappa shape index (κ3) is 4.17. The molecule has 4 rings (SSSR count). The minimum Gasteiger partial charge on any atom is -0.268 e. The summed E-state index contributed by atoms with van der Waals surface area (Å²) in [4.78, 5) is 18.1. The third-order valence-electron chi connectivity index (χ3n) is 5.26. The molecule has 0 bridgehead atoms. The van der Waals surface area contributed by atoms with Crippen LogP contribution >= 0.6 is 0 Å². The Morgan fingerprint density at radius 1 is 0.903 bits per heavy atom. The van der Waals surface area contributed by atoms with Gasteiger partial charge in [0.25, 0.3) is 5.56 Å². The Hall–Kier alpha value is -3.97. The van der Waals surface area contributed by atoms with Gasteiger partial charge in [0.1, 0.15) is 5.82 Å². The van der Waals surface area contributed by atoms with E-state index in [4.69, 9.17) is 10.2 Å². The molecular formula is C27H23N3O. The Kier molecular flexibility index (Phi) is 5.27. The highest BCUT2D eigenvalue weighted by atomic mass is 16.1. The number of fused-ring (bicyclic) bond motifs is 1. The van der Waals surface area contributed by atoms with Crippen LogP contribution in [0.1, 0.15) is 43.3 Å². The van der Waals surface area contributed by atoms with Gasteiger partial charge in [-0.2, -0.15) is 5.26 Å². The van der Waals surface area contributed by atoms with E-state index in [-0.39, 0.29) is 11.0 Å². The molecule has 0 aliphatic heterocycles. The van der Waals surface area contributed by atoms with E-state index in [0.29, 0.717) is 22.3 Å². The fraction of sp³-hybridized carbons (Fsp3) is 0.148. The molecule has 4 heteroatoms. The highest BCUT2D eigenvalue weighted by Crippen LogP contribution is 2.24. The van der Waals surface area contributed by atoms with E-state index >= 15 is 0 Å². The van der Waals surface area contributed by atoms with Gasteiger partial charge in [-0.3, -0.25) is 9.36 Å². The number of aromatic nitrogens is 2. The first kappa shape index (κ1) is 20.3. The molecule has 0 N–H and O–H groups in total. The third-order valence-corrected chi connectivity index (χ3v) is 5.26. The molecule has 0 aliphatic carbocycles. The number of rotatable bonds is 3. The fourth-order valence-electron chi connectivity index (χ4n) is 3.46. The molecule has 0 spiro atoms. The van der Waals surface area contributed by atoms with Crippen molar-refractivity contribution in [3.8, 4) is 11.8 Å². The van der Waals surface area contributed by atoms with E-state index in [1.54, 1.807) is 22.8 Å². The fourth-order valence-corrected chi connectivity index (χ4v) is 3.46. The molecule has 3 aromatic carbocycles. The van der Waals surface area contributed by atoms with Gasteiger partial charge in [0.15, 0.2) is 0 Å². The molecule has 0 saturated heterocycles. The topological polar surface area (TPSA) is 58.7 Å². The molecule has 0 atom stereocenters. The molecule has 152 valence electrons. The lowest BCUT2D eigenvalue weighted by Gasteiger charge is -2.19. The SMILES string of the molecule is CC(C)(C)c1ccc(-n2c(/C=C/c3ccc(C#N)cc3)nc3ccccc3c2=O)cc1. The number of para-hydroxylation sites is 1. The maximum atomic E-state index is 13.4.